The lowest BCUT2D eigenvalue weighted by Gasteiger charge is -2.34. The van der Waals surface area contributed by atoms with E-state index >= 15 is 0 Å². The van der Waals surface area contributed by atoms with Crippen LogP contribution in [0.2, 0.25) is 10.0 Å². The Kier molecular flexibility index (Phi) is 11.4. The van der Waals surface area contributed by atoms with Crippen LogP contribution >= 0.6 is 35.0 Å². The lowest BCUT2D eigenvalue weighted by Crippen LogP contribution is -2.53. The Morgan fingerprint density at radius 3 is 2.05 bits per heavy atom. The van der Waals surface area contributed by atoms with E-state index in [1.54, 1.807) is 54.6 Å². The summed E-state index contributed by atoms with van der Waals surface area (Å²) in [5, 5.41) is 3.30. The Balaban J connectivity index is 1.81. The molecule has 0 aliphatic carbocycles. The Morgan fingerprint density at radius 2 is 1.48 bits per heavy atom. The van der Waals surface area contributed by atoms with Gasteiger partial charge in [-0.25, -0.2) is 8.42 Å². The Morgan fingerprint density at radius 1 is 0.864 bits per heavy atom. The summed E-state index contributed by atoms with van der Waals surface area (Å²) in [6.07, 6.45) is 2.08. The normalized spacial score (nSPS) is 11.9. The number of rotatable bonds is 12. The van der Waals surface area contributed by atoms with Gasteiger partial charge >= 0.3 is 0 Å². The number of carbonyl (C=O) groups excluding carboxylic acids is 2. The Hall–Kier alpha value is -3.50. The maximum absolute atomic E-state index is 14.4. The summed E-state index contributed by atoms with van der Waals surface area (Å²) in [5.74, 6) is -1.02. The van der Waals surface area contributed by atoms with Crippen LogP contribution in [0.1, 0.15) is 16.7 Å². The van der Waals surface area contributed by atoms with Crippen LogP contribution in [0, 0.1) is 6.92 Å². The zero-order valence-corrected chi connectivity index (χ0v) is 27.7. The quantitative estimate of drug-likeness (QED) is 0.172. The second-order valence-corrected chi connectivity index (χ2v) is 13.6. The Bertz CT molecular complexity index is 1680. The average molecular weight is 671 g/mol. The number of benzene rings is 4. The molecule has 7 nitrogen and oxygen atoms in total. The van der Waals surface area contributed by atoms with Crippen molar-refractivity contribution in [2.24, 2.45) is 0 Å². The van der Waals surface area contributed by atoms with Gasteiger partial charge in [0.05, 0.1) is 10.6 Å². The van der Waals surface area contributed by atoms with Crippen molar-refractivity contribution in [2.75, 3.05) is 24.2 Å². The van der Waals surface area contributed by atoms with Crippen molar-refractivity contribution in [3.8, 4) is 0 Å². The molecule has 0 spiro atoms. The fraction of sp³-hybridized carbons (Fsp3) is 0.212. The first kappa shape index (κ1) is 33.4. The van der Waals surface area contributed by atoms with Crippen molar-refractivity contribution < 1.29 is 18.0 Å². The summed E-state index contributed by atoms with van der Waals surface area (Å²) >= 11 is 14.5. The number of anilines is 1. The maximum atomic E-state index is 14.4. The zero-order chi connectivity index (χ0) is 31.9. The molecule has 1 atom stereocenters. The third-order valence-corrected chi connectivity index (χ3v) is 10.4. The predicted octanol–water partition coefficient (Wildman–Crippen LogP) is 6.61. The number of carbonyl (C=O) groups is 2. The molecule has 4 rings (SSSR count). The van der Waals surface area contributed by atoms with Gasteiger partial charge < -0.3 is 10.2 Å². The summed E-state index contributed by atoms with van der Waals surface area (Å²) in [4.78, 5) is 30.1. The first-order valence-electron chi connectivity index (χ1n) is 13.8. The monoisotopic (exact) mass is 669 g/mol. The zero-order valence-electron chi connectivity index (χ0n) is 24.5. The predicted molar refractivity (Wildman–Crippen MR) is 179 cm³/mol. The molecule has 4 aromatic rings. The molecule has 0 saturated heterocycles. The molecule has 0 aromatic heterocycles. The molecule has 0 radical (unpaired) electrons. The van der Waals surface area contributed by atoms with Crippen LogP contribution < -0.4 is 9.62 Å². The lowest BCUT2D eigenvalue weighted by atomic mass is 10.0. The molecule has 0 heterocycles. The lowest BCUT2D eigenvalue weighted by molar-refractivity contribution is -0.139. The van der Waals surface area contributed by atoms with Crippen LogP contribution in [0.4, 0.5) is 5.69 Å². The van der Waals surface area contributed by atoms with Crippen LogP contribution in [0.5, 0.6) is 0 Å². The molecule has 1 N–H and O–H groups in total. The van der Waals surface area contributed by atoms with Crippen molar-refractivity contribution in [3.05, 3.63) is 124 Å². The van der Waals surface area contributed by atoms with Crippen LogP contribution in [0.3, 0.4) is 0 Å². The highest BCUT2D eigenvalue weighted by atomic mass is 35.5. The van der Waals surface area contributed by atoms with E-state index in [1.807, 2.05) is 43.5 Å². The van der Waals surface area contributed by atoms with Crippen molar-refractivity contribution in [1.82, 2.24) is 10.2 Å². The van der Waals surface area contributed by atoms with Crippen molar-refractivity contribution >= 4 is 62.5 Å². The molecule has 44 heavy (non-hydrogen) atoms. The van der Waals surface area contributed by atoms with E-state index in [0.717, 1.165) is 20.3 Å². The second kappa shape index (κ2) is 15.0. The number of likely N-dealkylation sites (N-methyl/N-ethyl adjacent to an activating group) is 1. The van der Waals surface area contributed by atoms with Gasteiger partial charge in [-0.15, -0.1) is 11.8 Å². The van der Waals surface area contributed by atoms with Crippen molar-refractivity contribution in [3.63, 3.8) is 0 Å². The number of hydrogen-bond acceptors (Lipinski definition) is 5. The minimum Gasteiger partial charge on any atom is -0.357 e. The molecule has 230 valence electrons. The number of sulfonamides is 1. The van der Waals surface area contributed by atoms with Gasteiger partial charge in [0.2, 0.25) is 11.8 Å². The molecular weight excluding hydrogens is 637 g/mol. The first-order valence-corrected chi connectivity index (χ1v) is 17.2. The standard InChI is InChI=1S/C33H33Cl2N3O4S2/c1-23-12-14-25(15-13-23)38(44(41,42)27-18-16-26(43-3)17-19-27)22-32(39)37(21-28-29(34)10-7-11-30(28)35)31(33(40)36-2)20-24-8-5-4-6-9-24/h4-19,31H,20-22H2,1-3H3,(H,36,40). The van der Waals surface area contributed by atoms with E-state index in [0.29, 0.717) is 21.3 Å². The topological polar surface area (TPSA) is 86.8 Å². The number of nitrogens with zero attached hydrogens (tertiary/aromatic N) is 2. The van der Waals surface area contributed by atoms with Gasteiger partial charge in [0.1, 0.15) is 12.6 Å². The van der Waals surface area contributed by atoms with E-state index in [2.05, 4.69) is 5.32 Å². The van der Waals surface area contributed by atoms with Gasteiger partial charge in [0.15, 0.2) is 0 Å². The molecule has 1 unspecified atom stereocenters. The van der Waals surface area contributed by atoms with Gasteiger partial charge in [-0.2, -0.15) is 0 Å². The number of nitrogens with one attached hydrogen (secondary N) is 1. The second-order valence-electron chi connectivity index (χ2n) is 10.1. The van der Waals surface area contributed by atoms with E-state index in [9.17, 15) is 18.0 Å². The molecular formula is C33H33Cl2N3O4S2. The van der Waals surface area contributed by atoms with Crippen LogP contribution in [0.15, 0.2) is 107 Å². The van der Waals surface area contributed by atoms with E-state index in [1.165, 1.54) is 35.8 Å². The highest BCUT2D eigenvalue weighted by Crippen LogP contribution is 2.29. The van der Waals surface area contributed by atoms with Gasteiger partial charge in [-0.3, -0.25) is 13.9 Å². The Labute approximate surface area is 273 Å². The summed E-state index contributed by atoms with van der Waals surface area (Å²) in [6, 6.07) is 26.7. The van der Waals surface area contributed by atoms with E-state index < -0.39 is 34.4 Å². The molecule has 0 aliphatic heterocycles. The van der Waals surface area contributed by atoms with Gasteiger partial charge in [-0.05, 0) is 67.3 Å². The van der Waals surface area contributed by atoms with Crippen LogP contribution in [0.25, 0.3) is 0 Å². The molecule has 2 amide bonds. The van der Waals surface area contributed by atoms with E-state index in [-0.39, 0.29) is 17.9 Å². The average Bonchev–Trinajstić information content (AvgIpc) is 3.03. The molecule has 0 bridgehead atoms. The number of hydrogen-bond donors (Lipinski definition) is 1. The third kappa shape index (κ3) is 7.95. The van der Waals surface area contributed by atoms with Gasteiger partial charge in [0.25, 0.3) is 10.0 Å². The first-order chi connectivity index (χ1) is 21.0. The van der Waals surface area contributed by atoms with E-state index in [4.69, 9.17) is 23.2 Å². The van der Waals surface area contributed by atoms with Gasteiger partial charge in [-0.1, -0.05) is 77.3 Å². The van der Waals surface area contributed by atoms with Crippen LogP contribution in [-0.4, -0.2) is 51.0 Å². The minimum absolute atomic E-state index is 0.0384. The summed E-state index contributed by atoms with van der Waals surface area (Å²) in [7, 11) is -2.70. The van der Waals surface area contributed by atoms with Crippen LogP contribution in [-0.2, 0) is 32.6 Å². The number of aryl methyl sites for hydroxylation is 1. The molecule has 4 aromatic carbocycles. The number of thioether (sulfide) groups is 1. The molecule has 0 saturated carbocycles. The fourth-order valence-electron chi connectivity index (χ4n) is 4.69. The summed E-state index contributed by atoms with van der Waals surface area (Å²) < 4.78 is 29.3. The highest BCUT2D eigenvalue weighted by molar-refractivity contribution is 7.98. The maximum Gasteiger partial charge on any atom is 0.264 e. The number of amides is 2. The molecule has 0 aliphatic rings. The minimum atomic E-state index is -4.20. The largest absolute Gasteiger partial charge is 0.357 e. The van der Waals surface area contributed by atoms with Gasteiger partial charge in [0, 0.05) is 40.5 Å². The fourth-order valence-corrected chi connectivity index (χ4v) is 7.03. The summed E-state index contributed by atoms with van der Waals surface area (Å²) in [6.45, 7) is 1.20. The summed E-state index contributed by atoms with van der Waals surface area (Å²) in [5.41, 5.74) is 2.51. The van der Waals surface area contributed by atoms with Crippen molar-refractivity contribution in [1.29, 1.82) is 0 Å². The number of halogens is 2. The smallest absolute Gasteiger partial charge is 0.264 e. The molecule has 11 heteroatoms. The highest BCUT2D eigenvalue weighted by Gasteiger charge is 2.35. The third-order valence-electron chi connectivity index (χ3n) is 7.16. The van der Waals surface area contributed by atoms with Crippen molar-refractivity contribution in [2.45, 2.75) is 35.7 Å². The SMILES string of the molecule is CNC(=O)C(Cc1ccccc1)N(Cc1c(Cl)cccc1Cl)C(=O)CN(c1ccc(C)cc1)S(=O)(=O)c1ccc(SC)cc1. The molecule has 0 fully saturated rings.